The summed E-state index contributed by atoms with van der Waals surface area (Å²) >= 11 is 0. The second kappa shape index (κ2) is 8.68. The van der Waals surface area contributed by atoms with Crippen LogP contribution in [0.2, 0.25) is 0 Å². The van der Waals surface area contributed by atoms with Crippen molar-refractivity contribution in [2.75, 3.05) is 10.6 Å². The number of nitrogens with one attached hydrogen (secondary N) is 2. The van der Waals surface area contributed by atoms with Gasteiger partial charge in [-0.3, -0.25) is 9.59 Å². The number of anilines is 3. The molecule has 32 heavy (non-hydrogen) atoms. The van der Waals surface area contributed by atoms with Gasteiger partial charge >= 0.3 is 0 Å². The molecule has 0 atom stereocenters. The first kappa shape index (κ1) is 20.7. The molecular formula is C23H20N6O3. The van der Waals surface area contributed by atoms with Gasteiger partial charge in [-0.15, -0.1) is 0 Å². The Hall–Kier alpha value is -4.53. The van der Waals surface area contributed by atoms with Gasteiger partial charge in [-0.2, -0.15) is 9.78 Å². The van der Waals surface area contributed by atoms with Gasteiger partial charge in [-0.1, -0.05) is 12.1 Å². The number of hydrogen-bond donors (Lipinski definition) is 3. The Kier molecular flexibility index (Phi) is 5.63. The second-order valence-electron chi connectivity index (χ2n) is 7.17. The van der Waals surface area contributed by atoms with Crippen LogP contribution < -0.4 is 16.2 Å². The van der Waals surface area contributed by atoms with E-state index in [2.05, 4.69) is 25.7 Å². The third-order valence-electron chi connectivity index (χ3n) is 4.59. The van der Waals surface area contributed by atoms with Gasteiger partial charge in [0.2, 0.25) is 0 Å². The molecule has 0 radical (unpaired) electrons. The summed E-state index contributed by atoms with van der Waals surface area (Å²) in [5.74, 6) is -0.480. The zero-order valence-corrected chi connectivity index (χ0v) is 17.4. The quantitative estimate of drug-likeness (QED) is 0.446. The van der Waals surface area contributed by atoms with Crippen molar-refractivity contribution in [3.63, 3.8) is 0 Å². The van der Waals surface area contributed by atoms with Crippen LogP contribution in [-0.2, 0) is 0 Å². The predicted molar refractivity (Wildman–Crippen MR) is 121 cm³/mol. The summed E-state index contributed by atoms with van der Waals surface area (Å²) in [5.41, 5.74) is 2.74. The molecule has 0 aliphatic heterocycles. The van der Waals surface area contributed by atoms with E-state index in [0.717, 1.165) is 27.7 Å². The number of hydrogen-bond acceptors (Lipinski definition) is 7. The van der Waals surface area contributed by atoms with Crippen LogP contribution in [0.5, 0.6) is 5.75 Å². The fourth-order valence-corrected chi connectivity index (χ4v) is 3.05. The monoisotopic (exact) mass is 428 g/mol. The number of amides is 1. The molecule has 0 saturated carbocycles. The van der Waals surface area contributed by atoms with Gasteiger partial charge in [0.25, 0.3) is 11.5 Å². The first-order valence-corrected chi connectivity index (χ1v) is 9.76. The molecule has 3 N–H and O–H groups in total. The van der Waals surface area contributed by atoms with Gasteiger partial charge in [0.1, 0.15) is 12.1 Å². The fourth-order valence-electron chi connectivity index (χ4n) is 3.05. The molecule has 0 fully saturated rings. The molecule has 4 rings (SSSR count). The first-order chi connectivity index (χ1) is 15.4. The van der Waals surface area contributed by atoms with Crippen molar-refractivity contribution in [3.8, 4) is 11.4 Å². The van der Waals surface area contributed by atoms with Gasteiger partial charge in [0, 0.05) is 29.2 Å². The third-order valence-corrected chi connectivity index (χ3v) is 4.59. The van der Waals surface area contributed by atoms with Crippen molar-refractivity contribution >= 4 is 23.1 Å². The highest BCUT2D eigenvalue weighted by atomic mass is 16.3. The minimum Gasteiger partial charge on any atom is -0.505 e. The molecule has 0 unspecified atom stereocenters. The average molecular weight is 428 g/mol. The Morgan fingerprint density at radius 3 is 2.44 bits per heavy atom. The molecule has 0 aliphatic rings. The number of aryl methyl sites for hydroxylation is 2. The summed E-state index contributed by atoms with van der Waals surface area (Å²) < 4.78 is 1.08. The van der Waals surface area contributed by atoms with Crippen molar-refractivity contribution in [1.82, 2.24) is 19.7 Å². The van der Waals surface area contributed by atoms with E-state index in [0.29, 0.717) is 17.2 Å². The van der Waals surface area contributed by atoms with Gasteiger partial charge in [0.15, 0.2) is 11.4 Å². The minimum absolute atomic E-state index is 0.259. The van der Waals surface area contributed by atoms with Crippen molar-refractivity contribution in [3.05, 3.63) is 94.3 Å². The largest absolute Gasteiger partial charge is 0.505 e. The average Bonchev–Trinajstić information content (AvgIpc) is 2.75. The van der Waals surface area contributed by atoms with E-state index in [-0.39, 0.29) is 5.69 Å². The molecule has 9 heteroatoms. The molecule has 2 aromatic heterocycles. The molecule has 2 aromatic carbocycles. The Bertz CT molecular complexity index is 1350. The summed E-state index contributed by atoms with van der Waals surface area (Å²) in [7, 11) is 0. The Labute approximate surface area is 183 Å². The van der Waals surface area contributed by atoms with Crippen molar-refractivity contribution < 1.29 is 9.90 Å². The van der Waals surface area contributed by atoms with Gasteiger partial charge in [-0.25, -0.2) is 9.97 Å². The highest BCUT2D eigenvalue weighted by Gasteiger charge is 2.17. The summed E-state index contributed by atoms with van der Waals surface area (Å²) in [4.78, 5) is 33.2. The molecule has 1 amide bonds. The number of aromatic nitrogens is 4. The van der Waals surface area contributed by atoms with Gasteiger partial charge in [0.05, 0.1) is 5.69 Å². The maximum absolute atomic E-state index is 12.7. The lowest BCUT2D eigenvalue weighted by Crippen LogP contribution is -2.25. The van der Waals surface area contributed by atoms with E-state index in [1.807, 2.05) is 26.0 Å². The molecule has 160 valence electrons. The smallest absolute Gasteiger partial charge is 0.279 e. The first-order valence-electron chi connectivity index (χ1n) is 9.76. The molecule has 0 saturated heterocycles. The Balaban J connectivity index is 1.53. The van der Waals surface area contributed by atoms with Crippen LogP contribution in [0.3, 0.4) is 0 Å². The number of benzene rings is 2. The Morgan fingerprint density at radius 2 is 1.72 bits per heavy atom. The highest BCUT2D eigenvalue weighted by Crippen LogP contribution is 2.20. The summed E-state index contributed by atoms with van der Waals surface area (Å²) in [6.07, 6.45) is 1.47. The number of aromatic hydroxyl groups is 1. The molecule has 0 spiro atoms. The maximum Gasteiger partial charge on any atom is 0.279 e. The number of carbonyl (C=O) groups is 1. The topological polar surface area (TPSA) is 122 Å². The standard InChI is InChI=1S/C23H20N6O3/c1-14-4-3-5-18(10-14)29-21(31)12-19(30)22(28-29)23(32)27-17-8-6-16(7-9-17)26-20-11-15(2)24-13-25-20/h3-13,30H,1-2H3,(H,27,32)(H,24,25,26). The van der Waals surface area contributed by atoms with E-state index < -0.39 is 17.2 Å². The van der Waals surface area contributed by atoms with Crippen LogP contribution >= 0.6 is 0 Å². The molecular weight excluding hydrogens is 408 g/mol. The molecule has 0 aliphatic carbocycles. The number of rotatable bonds is 5. The lowest BCUT2D eigenvalue weighted by molar-refractivity contribution is 0.101. The summed E-state index contributed by atoms with van der Waals surface area (Å²) in [5, 5.41) is 20.0. The zero-order valence-electron chi connectivity index (χ0n) is 17.4. The van der Waals surface area contributed by atoms with Crippen LogP contribution in [0, 0.1) is 13.8 Å². The van der Waals surface area contributed by atoms with Gasteiger partial charge in [-0.05, 0) is 55.8 Å². The van der Waals surface area contributed by atoms with E-state index in [1.54, 1.807) is 42.5 Å². The molecule has 9 nitrogen and oxygen atoms in total. The molecule has 4 aromatic rings. The highest BCUT2D eigenvalue weighted by molar-refractivity contribution is 6.04. The SMILES string of the molecule is Cc1cccc(-n2nc(C(=O)Nc3ccc(Nc4cc(C)ncn4)cc3)c(O)cc2=O)c1. The van der Waals surface area contributed by atoms with E-state index in [9.17, 15) is 14.7 Å². The zero-order chi connectivity index (χ0) is 22.7. The summed E-state index contributed by atoms with van der Waals surface area (Å²) in [6, 6.07) is 16.8. The number of nitrogens with zero attached hydrogens (tertiary/aromatic N) is 4. The van der Waals surface area contributed by atoms with Crippen molar-refractivity contribution in [2.45, 2.75) is 13.8 Å². The molecule has 0 bridgehead atoms. The van der Waals surface area contributed by atoms with Gasteiger partial charge < -0.3 is 15.7 Å². The Morgan fingerprint density at radius 1 is 0.969 bits per heavy atom. The normalized spacial score (nSPS) is 10.6. The third kappa shape index (κ3) is 4.62. The lowest BCUT2D eigenvalue weighted by atomic mass is 10.2. The van der Waals surface area contributed by atoms with Crippen LogP contribution in [0.1, 0.15) is 21.7 Å². The fraction of sp³-hybridized carbons (Fsp3) is 0.0870. The molecule has 2 heterocycles. The number of carbonyl (C=O) groups excluding carboxylic acids is 1. The lowest BCUT2D eigenvalue weighted by Gasteiger charge is -2.11. The van der Waals surface area contributed by atoms with Crippen LogP contribution in [-0.4, -0.2) is 30.8 Å². The maximum atomic E-state index is 12.7. The van der Waals surface area contributed by atoms with Crippen molar-refractivity contribution in [2.24, 2.45) is 0 Å². The van der Waals surface area contributed by atoms with Crippen molar-refractivity contribution in [1.29, 1.82) is 0 Å². The van der Waals surface area contributed by atoms with Crippen LogP contribution in [0.4, 0.5) is 17.2 Å². The van der Waals surface area contributed by atoms with Crippen LogP contribution in [0.15, 0.2) is 71.8 Å². The van der Waals surface area contributed by atoms with Crippen LogP contribution in [0.25, 0.3) is 5.69 Å². The van der Waals surface area contributed by atoms with E-state index in [4.69, 9.17) is 0 Å². The predicted octanol–water partition coefficient (Wildman–Crippen LogP) is 3.34. The van der Waals surface area contributed by atoms with E-state index >= 15 is 0 Å². The second-order valence-corrected chi connectivity index (χ2v) is 7.17. The summed E-state index contributed by atoms with van der Waals surface area (Å²) in [6.45, 7) is 3.75. The minimum atomic E-state index is -0.643. The van der Waals surface area contributed by atoms with E-state index in [1.165, 1.54) is 6.33 Å².